The van der Waals surface area contributed by atoms with Crippen LogP contribution in [0.5, 0.6) is 0 Å². The number of Topliss-reactive ketones (excluding diaryl/α,β-unsaturated/α-hetero) is 1. The lowest BCUT2D eigenvalue weighted by Gasteiger charge is -2.19. The summed E-state index contributed by atoms with van der Waals surface area (Å²) in [7, 11) is 0. The van der Waals surface area contributed by atoms with Crippen molar-refractivity contribution < 1.29 is 9.59 Å². The molecule has 0 aliphatic rings. The third-order valence-electron chi connectivity index (χ3n) is 4.67. The average molecular weight is 395 g/mol. The molecule has 0 spiro atoms. The minimum Gasteiger partial charge on any atom is -0.388 e. The maximum absolute atomic E-state index is 12.5. The van der Waals surface area contributed by atoms with Crippen molar-refractivity contribution in [2.24, 2.45) is 16.5 Å². The number of carbonyl (C=O) groups is 2. The van der Waals surface area contributed by atoms with Crippen molar-refractivity contribution in [2.45, 2.75) is 45.2 Å². The van der Waals surface area contributed by atoms with Gasteiger partial charge in [0.1, 0.15) is 0 Å². The van der Waals surface area contributed by atoms with Crippen LogP contribution in [0.15, 0.2) is 59.6 Å². The van der Waals surface area contributed by atoms with Crippen LogP contribution in [-0.2, 0) is 16.0 Å². The molecule has 1 amide bonds. The molecule has 0 bridgehead atoms. The number of hydrogen-bond acceptors (Lipinski definition) is 4. The van der Waals surface area contributed by atoms with Crippen molar-refractivity contribution in [3.05, 3.63) is 60.2 Å². The molecule has 2 aromatic rings. The molecule has 5 N–H and O–H groups in total. The zero-order valence-electron chi connectivity index (χ0n) is 17.1. The van der Waals surface area contributed by atoms with Crippen molar-refractivity contribution in [3.8, 4) is 11.1 Å². The number of amidine groups is 1. The summed E-state index contributed by atoms with van der Waals surface area (Å²) in [4.78, 5) is 28.4. The first-order valence-corrected chi connectivity index (χ1v) is 9.84. The predicted octanol–water partition coefficient (Wildman–Crippen LogP) is 2.45. The van der Waals surface area contributed by atoms with Crippen molar-refractivity contribution in [3.63, 3.8) is 0 Å². The summed E-state index contributed by atoms with van der Waals surface area (Å²) in [5.74, 6) is 0.0933. The molecule has 2 rings (SSSR count). The van der Waals surface area contributed by atoms with E-state index < -0.39 is 12.1 Å². The first-order valence-electron chi connectivity index (χ1n) is 9.84. The Labute approximate surface area is 172 Å². The lowest BCUT2D eigenvalue weighted by Crippen LogP contribution is -2.48. The van der Waals surface area contributed by atoms with Gasteiger partial charge in [-0.15, -0.1) is 0 Å². The van der Waals surface area contributed by atoms with E-state index >= 15 is 0 Å². The molecule has 2 aromatic carbocycles. The third kappa shape index (κ3) is 7.50. The Morgan fingerprint density at radius 1 is 1.00 bits per heavy atom. The molecule has 6 heteroatoms. The number of benzene rings is 2. The molecule has 0 radical (unpaired) electrons. The van der Waals surface area contributed by atoms with Gasteiger partial charge in [0.25, 0.3) is 0 Å². The number of ketones is 1. The van der Waals surface area contributed by atoms with Gasteiger partial charge in [0.15, 0.2) is 5.78 Å². The highest BCUT2D eigenvalue weighted by molar-refractivity contribution is 5.89. The predicted molar refractivity (Wildman–Crippen MR) is 118 cm³/mol. The summed E-state index contributed by atoms with van der Waals surface area (Å²) in [5, 5.41) is 2.77. The SMILES string of the molecule is CC(=O)C(CCCN=C(C)N)NC(=O)C(N)Cc1ccc(-c2ccccc2)cc1. The molecular weight excluding hydrogens is 364 g/mol. The fourth-order valence-electron chi connectivity index (χ4n) is 3.02. The first kappa shape index (κ1) is 22.3. The number of rotatable bonds is 10. The number of aliphatic imine (C=N–C) groups is 1. The number of nitrogens with two attached hydrogens (primary N) is 2. The molecule has 154 valence electrons. The highest BCUT2D eigenvalue weighted by Crippen LogP contribution is 2.19. The minimum atomic E-state index is -0.719. The van der Waals surface area contributed by atoms with Crippen molar-refractivity contribution in [1.29, 1.82) is 0 Å². The number of nitrogens with one attached hydrogen (secondary N) is 1. The highest BCUT2D eigenvalue weighted by atomic mass is 16.2. The molecule has 6 nitrogen and oxygen atoms in total. The van der Waals surface area contributed by atoms with Crippen LogP contribution in [0.25, 0.3) is 11.1 Å². The van der Waals surface area contributed by atoms with E-state index in [-0.39, 0.29) is 11.7 Å². The van der Waals surface area contributed by atoms with Gasteiger partial charge in [-0.3, -0.25) is 14.6 Å². The Morgan fingerprint density at radius 3 is 2.21 bits per heavy atom. The molecule has 0 aromatic heterocycles. The van der Waals surface area contributed by atoms with Crippen molar-refractivity contribution in [2.75, 3.05) is 6.54 Å². The lowest BCUT2D eigenvalue weighted by atomic mass is 10.00. The monoisotopic (exact) mass is 394 g/mol. The van der Waals surface area contributed by atoms with Crippen molar-refractivity contribution in [1.82, 2.24) is 5.32 Å². The summed E-state index contributed by atoms with van der Waals surface area (Å²) < 4.78 is 0. The van der Waals surface area contributed by atoms with Gasteiger partial charge in [0.05, 0.1) is 17.9 Å². The van der Waals surface area contributed by atoms with Gasteiger partial charge in [-0.05, 0) is 49.8 Å². The molecule has 2 atom stereocenters. The van der Waals surface area contributed by atoms with Crippen LogP contribution >= 0.6 is 0 Å². The Hall–Kier alpha value is -2.99. The molecule has 0 saturated carbocycles. The van der Waals surface area contributed by atoms with Gasteiger partial charge in [0.2, 0.25) is 5.91 Å². The molecule has 0 aliphatic carbocycles. The van der Waals surface area contributed by atoms with E-state index in [0.717, 1.165) is 16.7 Å². The molecule has 29 heavy (non-hydrogen) atoms. The fourth-order valence-corrected chi connectivity index (χ4v) is 3.02. The second-order valence-corrected chi connectivity index (χ2v) is 7.21. The van der Waals surface area contributed by atoms with Crippen LogP contribution in [0.2, 0.25) is 0 Å². The van der Waals surface area contributed by atoms with Crippen LogP contribution in [0.4, 0.5) is 0 Å². The van der Waals surface area contributed by atoms with E-state index in [1.165, 1.54) is 6.92 Å². The first-order chi connectivity index (χ1) is 13.9. The lowest BCUT2D eigenvalue weighted by molar-refractivity contribution is -0.127. The van der Waals surface area contributed by atoms with Crippen LogP contribution < -0.4 is 16.8 Å². The maximum Gasteiger partial charge on any atom is 0.237 e. The summed E-state index contributed by atoms with van der Waals surface area (Å²) in [5.41, 5.74) is 14.8. The van der Waals surface area contributed by atoms with Crippen LogP contribution in [0, 0.1) is 0 Å². The zero-order valence-corrected chi connectivity index (χ0v) is 17.1. The molecule has 0 saturated heterocycles. The van der Waals surface area contributed by atoms with Crippen LogP contribution in [-0.4, -0.2) is 36.2 Å². The van der Waals surface area contributed by atoms with Gasteiger partial charge < -0.3 is 16.8 Å². The number of hydrogen-bond donors (Lipinski definition) is 3. The van der Waals surface area contributed by atoms with Crippen LogP contribution in [0.1, 0.15) is 32.3 Å². The molecule has 0 heterocycles. The normalized spacial score (nSPS) is 13.6. The number of carbonyl (C=O) groups excluding carboxylic acids is 2. The second-order valence-electron chi connectivity index (χ2n) is 7.21. The topological polar surface area (TPSA) is 111 Å². The fraction of sp³-hybridized carbons (Fsp3) is 0.348. The summed E-state index contributed by atoms with van der Waals surface area (Å²) in [6.45, 7) is 3.72. The molecule has 0 fully saturated rings. The van der Waals surface area contributed by atoms with Gasteiger partial charge in [-0.25, -0.2) is 0 Å². The molecule has 2 unspecified atom stereocenters. The minimum absolute atomic E-state index is 0.0915. The van der Waals surface area contributed by atoms with E-state index in [4.69, 9.17) is 11.5 Å². The summed E-state index contributed by atoms with van der Waals surface area (Å²) >= 11 is 0. The van der Waals surface area contributed by atoms with Gasteiger partial charge in [-0.2, -0.15) is 0 Å². The standard InChI is InChI=1S/C23H30N4O2/c1-16(28)22(9-6-14-26-17(2)24)27-23(29)21(25)15-18-10-12-20(13-11-18)19-7-4-3-5-8-19/h3-5,7-8,10-13,21-22H,6,9,14-15,25H2,1-2H3,(H2,24,26)(H,27,29). The number of nitrogens with zero attached hydrogens (tertiary/aromatic N) is 1. The Balaban J connectivity index is 1.89. The molecule has 0 aliphatic heterocycles. The van der Waals surface area contributed by atoms with Gasteiger partial charge in [-0.1, -0.05) is 54.6 Å². The van der Waals surface area contributed by atoms with E-state index in [1.54, 1.807) is 6.92 Å². The molecular formula is C23H30N4O2. The Morgan fingerprint density at radius 2 is 1.62 bits per heavy atom. The van der Waals surface area contributed by atoms with E-state index in [0.29, 0.717) is 31.6 Å². The average Bonchev–Trinajstić information content (AvgIpc) is 2.71. The second kappa shape index (κ2) is 11.1. The summed E-state index contributed by atoms with van der Waals surface area (Å²) in [6, 6.07) is 16.8. The van der Waals surface area contributed by atoms with Gasteiger partial charge in [0, 0.05) is 6.54 Å². The van der Waals surface area contributed by atoms with E-state index in [9.17, 15) is 9.59 Å². The quantitative estimate of drug-likeness (QED) is 0.326. The smallest absolute Gasteiger partial charge is 0.237 e. The Kier molecular flexibility index (Phi) is 8.55. The van der Waals surface area contributed by atoms with Crippen LogP contribution in [0.3, 0.4) is 0 Å². The number of amides is 1. The Bertz CT molecular complexity index is 828. The van der Waals surface area contributed by atoms with E-state index in [2.05, 4.69) is 22.4 Å². The zero-order chi connectivity index (χ0) is 21.2. The third-order valence-corrected chi connectivity index (χ3v) is 4.67. The highest BCUT2D eigenvalue weighted by Gasteiger charge is 2.21. The van der Waals surface area contributed by atoms with Crippen molar-refractivity contribution >= 4 is 17.5 Å². The maximum atomic E-state index is 12.5. The summed E-state index contributed by atoms with van der Waals surface area (Å²) in [6.07, 6.45) is 1.58. The van der Waals surface area contributed by atoms with Gasteiger partial charge >= 0.3 is 0 Å². The van der Waals surface area contributed by atoms with E-state index in [1.807, 2.05) is 42.5 Å². The largest absolute Gasteiger partial charge is 0.388 e.